The third-order valence-electron chi connectivity index (χ3n) is 2.10. The quantitative estimate of drug-likeness (QED) is 0.650. The van der Waals surface area contributed by atoms with Gasteiger partial charge in [0.2, 0.25) is 10.0 Å². The Morgan fingerprint density at radius 3 is 2.80 bits per heavy atom. The summed E-state index contributed by atoms with van der Waals surface area (Å²) in [7, 11) is -1.61. The zero-order chi connectivity index (χ0) is 11.5. The lowest BCUT2D eigenvalue weighted by atomic mass is 10.5. The molecule has 0 aliphatic carbocycles. The van der Waals surface area contributed by atoms with Gasteiger partial charge in [0.05, 0.1) is 11.8 Å². The summed E-state index contributed by atoms with van der Waals surface area (Å²) in [5.74, 6) is 0.558. The fraction of sp³-hybridized carbons (Fsp3) is 0.714. The first-order valence-corrected chi connectivity index (χ1v) is 6.03. The van der Waals surface area contributed by atoms with Crippen LogP contribution in [0.4, 0.5) is 0 Å². The molecule has 1 heterocycles. The first-order valence-electron chi connectivity index (χ1n) is 4.48. The van der Waals surface area contributed by atoms with Gasteiger partial charge in [-0.3, -0.25) is 0 Å². The molecule has 1 aromatic heterocycles. The molecular weight excluding hydrogens is 218 g/mol. The third-order valence-corrected chi connectivity index (χ3v) is 3.90. The van der Waals surface area contributed by atoms with E-state index in [0.29, 0.717) is 5.82 Å². The zero-order valence-corrected chi connectivity index (χ0v) is 9.53. The molecule has 1 atom stereocenters. The molecule has 0 spiro atoms. The van der Waals surface area contributed by atoms with Crippen LogP contribution >= 0.6 is 0 Å². The van der Waals surface area contributed by atoms with Crippen LogP contribution in [0.2, 0.25) is 0 Å². The van der Waals surface area contributed by atoms with Crippen molar-refractivity contribution >= 4 is 10.0 Å². The fourth-order valence-electron chi connectivity index (χ4n) is 0.901. The maximum absolute atomic E-state index is 11.5. The molecule has 0 saturated carbocycles. The average Bonchev–Trinajstić information content (AvgIpc) is 2.60. The largest absolute Gasteiger partial charge is 0.329 e. The molecular formula is C7H15N5O2S. The molecule has 8 heteroatoms. The van der Waals surface area contributed by atoms with Crippen LogP contribution in [0.15, 0.2) is 6.33 Å². The lowest BCUT2D eigenvalue weighted by Gasteiger charge is -2.11. The normalized spacial score (nSPS) is 14.1. The van der Waals surface area contributed by atoms with E-state index in [0.717, 1.165) is 0 Å². The van der Waals surface area contributed by atoms with Crippen molar-refractivity contribution in [2.24, 2.45) is 12.8 Å². The number of aryl methyl sites for hydroxylation is 1. The highest BCUT2D eigenvalue weighted by Crippen LogP contribution is 1.98. The Kier molecular flexibility index (Phi) is 3.77. The molecule has 0 aromatic carbocycles. The molecule has 0 amide bonds. The molecule has 86 valence electrons. The van der Waals surface area contributed by atoms with Gasteiger partial charge in [-0.25, -0.2) is 13.1 Å². The molecule has 0 bridgehead atoms. The lowest BCUT2D eigenvalue weighted by molar-refractivity contribution is 0.565. The smallest absolute Gasteiger partial charge is 0.215 e. The maximum Gasteiger partial charge on any atom is 0.215 e. The second-order valence-corrected chi connectivity index (χ2v) is 5.45. The molecule has 0 aliphatic rings. The summed E-state index contributed by atoms with van der Waals surface area (Å²) in [5.41, 5.74) is 5.28. The second-order valence-electron chi connectivity index (χ2n) is 3.27. The van der Waals surface area contributed by atoms with Crippen molar-refractivity contribution in [3.05, 3.63) is 12.2 Å². The van der Waals surface area contributed by atoms with E-state index >= 15 is 0 Å². The molecule has 7 nitrogen and oxygen atoms in total. The van der Waals surface area contributed by atoms with Gasteiger partial charge in [0.15, 0.2) is 0 Å². The number of hydrogen-bond donors (Lipinski definition) is 2. The van der Waals surface area contributed by atoms with Gasteiger partial charge < -0.3 is 10.3 Å². The van der Waals surface area contributed by atoms with Crippen LogP contribution in [0, 0.1) is 0 Å². The summed E-state index contributed by atoms with van der Waals surface area (Å²) >= 11 is 0. The molecule has 0 aliphatic heterocycles. The SMILES string of the molecule is CC(CN)S(=O)(=O)NCc1nncn1C. The van der Waals surface area contributed by atoms with Crippen molar-refractivity contribution in [2.45, 2.75) is 18.7 Å². The van der Waals surface area contributed by atoms with E-state index in [-0.39, 0.29) is 13.1 Å². The molecule has 1 aromatic rings. The van der Waals surface area contributed by atoms with Gasteiger partial charge in [-0.05, 0) is 6.92 Å². The Morgan fingerprint density at radius 2 is 2.33 bits per heavy atom. The van der Waals surface area contributed by atoms with Crippen LogP contribution in [0.1, 0.15) is 12.7 Å². The number of nitrogens with zero attached hydrogens (tertiary/aromatic N) is 3. The molecule has 0 radical (unpaired) electrons. The third kappa shape index (κ3) is 2.98. The van der Waals surface area contributed by atoms with Gasteiger partial charge in [0, 0.05) is 13.6 Å². The first-order chi connectivity index (χ1) is 6.97. The van der Waals surface area contributed by atoms with Crippen LogP contribution in [-0.4, -0.2) is 35.0 Å². The van der Waals surface area contributed by atoms with Crippen molar-refractivity contribution in [3.8, 4) is 0 Å². The van der Waals surface area contributed by atoms with Gasteiger partial charge >= 0.3 is 0 Å². The van der Waals surface area contributed by atoms with Crippen molar-refractivity contribution in [1.82, 2.24) is 19.5 Å². The van der Waals surface area contributed by atoms with E-state index in [1.54, 1.807) is 18.5 Å². The number of aromatic nitrogens is 3. The van der Waals surface area contributed by atoms with E-state index in [4.69, 9.17) is 5.73 Å². The Hall–Kier alpha value is -0.990. The molecule has 0 fully saturated rings. The summed E-state index contributed by atoms with van der Waals surface area (Å²) < 4.78 is 27.1. The van der Waals surface area contributed by atoms with E-state index in [1.165, 1.54) is 6.33 Å². The molecule has 1 unspecified atom stereocenters. The van der Waals surface area contributed by atoms with Crippen LogP contribution in [0.3, 0.4) is 0 Å². The van der Waals surface area contributed by atoms with Crippen LogP contribution in [0.25, 0.3) is 0 Å². The topological polar surface area (TPSA) is 103 Å². The van der Waals surface area contributed by atoms with Gasteiger partial charge in [-0.15, -0.1) is 10.2 Å². The molecule has 15 heavy (non-hydrogen) atoms. The van der Waals surface area contributed by atoms with E-state index in [2.05, 4.69) is 14.9 Å². The zero-order valence-electron chi connectivity index (χ0n) is 8.71. The highest BCUT2D eigenvalue weighted by molar-refractivity contribution is 7.90. The van der Waals surface area contributed by atoms with Crippen LogP contribution < -0.4 is 10.5 Å². The molecule has 0 saturated heterocycles. The highest BCUT2D eigenvalue weighted by atomic mass is 32.2. The van der Waals surface area contributed by atoms with Crippen molar-refractivity contribution < 1.29 is 8.42 Å². The number of rotatable bonds is 5. The molecule has 1 rings (SSSR count). The standard InChI is InChI=1S/C7H15N5O2S/c1-6(3-8)15(13,14)10-4-7-11-9-5-12(7)2/h5-6,10H,3-4,8H2,1-2H3. The summed E-state index contributed by atoms with van der Waals surface area (Å²) in [6.07, 6.45) is 1.51. The minimum atomic E-state index is -3.36. The Balaban J connectivity index is 2.62. The Labute approximate surface area is 88.7 Å². The van der Waals surface area contributed by atoms with Crippen LogP contribution in [0.5, 0.6) is 0 Å². The lowest BCUT2D eigenvalue weighted by Crippen LogP contribution is -2.37. The summed E-state index contributed by atoms with van der Waals surface area (Å²) in [6, 6.07) is 0. The predicted molar refractivity (Wildman–Crippen MR) is 55.3 cm³/mol. The summed E-state index contributed by atoms with van der Waals surface area (Å²) in [5, 5.41) is 6.79. The second kappa shape index (κ2) is 4.69. The number of nitrogens with one attached hydrogen (secondary N) is 1. The van der Waals surface area contributed by atoms with Crippen molar-refractivity contribution in [1.29, 1.82) is 0 Å². The van der Waals surface area contributed by atoms with Crippen molar-refractivity contribution in [3.63, 3.8) is 0 Å². The minimum Gasteiger partial charge on any atom is -0.329 e. The molecule has 3 N–H and O–H groups in total. The van der Waals surface area contributed by atoms with E-state index in [9.17, 15) is 8.42 Å². The fourth-order valence-corrected chi connectivity index (χ4v) is 1.77. The van der Waals surface area contributed by atoms with E-state index < -0.39 is 15.3 Å². The maximum atomic E-state index is 11.5. The Bertz CT molecular complexity index is 413. The minimum absolute atomic E-state index is 0.0914. The monoisotopic (exact) mass is 233 g/mol. The highest BCUT2D eigenvalue weighted by Gasteiger charge is 2.19. The number of sulfonamides is 1. The van der Waals surface area contributed by atoms with Gasteiger partial charge in [-0.2, -0.15) is 0 Å². The van der Waals surface area contributed by atoms with Gasteiger partial charge in [0.25, 0.3) is 0 Å². The average molecular weight is 233 g/mol. The van der Waals surface area contributed by atoms with E-state index in [1.807, 2.05) is 0 Å². The number of hydrogen-bond acceptors (Lipinski definition) is 5. The van der Waals surface area contributed by atoms with Gasteiger partial charge in [-0.1, -0.05) is 0 Å². The summed E-state index contributed by atoms with van der Waals surface area (Å²) in [4.78, 5) is 0. The predicted octanol–water partition coefficient (Wildman–Crippen LogP) is -1.42. The summed E-state index contributed by atoms with van der Waals surface area (Å²) in [6.45, 7) is 1.77. The number of nitrogens with two attached hydrogens (primary N) is 1. The van der Waals surface area contributed by atoms with Gasteiger partial charge in [0.1, 0.15) is 12.2 Å². The first kappa shape index (κ1) is 12.1. The van der Waals surface area contributed by atoms with Crippen LogP contribution in [-0.2, 0) is 23.6 Å². The Morgan fingerprint density at radius 1 is 1.67 bits per heavy atom. The van der Waals surface area contributed by atoms with Crippen molar-refractivity contribution in [2.75, 3.05) is 6.54 Å².